The Morgan fingerprint density at radius 3 is 1.88 bits per heavy atom. The van der Waals surface area contributed by atoms with Gasteiger partial charge < -0.3 is 24.0 Å². The third-order valence-electron chi connectivity index (χ3n) is 5.62. The Labute approximate surface area is 197 Å². The second-order valence-corrected chi connectivity index (χ2v) is 7.72. The van der Waals surface area contributed by atoms with Crippen molar-refractivity contribution in [1.29, 1.82) is 0 Å². The number of piperazine rings is 1. The van der Waals surface area contributed by atoms with E-state index < -0.39 is 0 Å². The van der Waals surface area contributed by atoms with Crippen LogP contribution in [0.15, 0.2) is 54.7 Å². The molecule has 3 aromatic rings. The average Bonchev–Trinajstić information content (AvgIpc) is 2.89. The molecule has 0 saturated carbocycles. The Morgan fingerprint density at radius 1 is 0.794 bits per heavy atom. The highest BCUT2D eigenvalue weighted by Crippen LogP contribution is 2.29. The van der Waals surface area contributed by atoms with Crippen LogP contribution in [0.2, 0.25) is 0 Å². The molecule has 1 aliphatic heterocycles. The summed E-state index contributed by atoms with van der Waals surface area (Å²) in [6.45, 7) is 3.37. The van der Waals surface area contributed by atoms with Crippen LogP contribution in [0.1, 0.15) is 17.3 Å². The second-order valence-electron chi connectivity index (χ2n) is 7.72. The van der Waals surface area contributed by atoms with Crippen LogP contribution in [0.5, 0.6) is 23.1 Å². The molecular weight excluding hydrogens is 436 g/mol. The standard InChI is InChI=1S/C25H26N4O5/c1-17(30)28-12-14-29(15-13-28)25(31)22-16-26-23(18-4-6-19(32-2)7-5-18)27-24(22)34-21-10-8-20(33-3)9-11-21/h4-11,16H,12-15H2,1-3H3. The quantitative estimate of drug-likeness (QED) is 0.555. The Hall–Kier alpha value is -4.14. The van der Waals surface area contributed by atoms with Crippen molar-refractivity contribution in [2.45, 2.75) is 6.92 Å². The van der Waals surface area contributed by atoms with E-state index in [1.807, 2.05) is 24.3 Å². The van der Waals surface area contributed by atoms with Crippen molar-refractivity contribution in [2.24, 2.45) is 0 Å². The van der Waals surface area contributed by atoms with Crippen LogP contribution in [-0.2, 0) is 4.79 Å². The molecule has 2 aromatic carbocycles. The smallest absolute Gasteiger partial charge is 0.261 e. The molecule has 34 heavy (non-hydrogen) atoms. The zero-order valence-electron chi connectivity index (χ0n) is 19.4. The maximum absolute atomic E-state index is 13.3. The van der Waals surface area contributed by atoms with E-state index in [1.54, 1.807) is 48.3 Å². The van der Waals surface area contributed by atoms with Gasteiger partial charge in [-0.05, 0) is 48.5 Å². The first-order chi connectivity index (χ1) is 16.5. The van der Waals surface area contributed by atoms with Gasteiger partial charge >= 0.3 is 0 Å². The fraction of sp³-hybridized carbons (Fsp3) is 0.280. The van der Waals surface area contributed by atoms with E-state index in [9.17, 15) is 9.59 Å². The van der Waals surface area contributed by atoms with Crippen molar-refractivity contribution in [1.82, 2.24) is 19.8 Å². The van der Waals surface area contributed by atoms with Crippen LogP contribution in [0.25, 0.3) is 11.4 Å². The first kappa shape index (κ1) is 23.0. The highest BCUT2D eigenvalue weighted by Gasteiger charge is 2.27. The van der Waals surface area contributed by atoms with Gasteiger partial charge in [0, 0.05) is 44.9 Å². The zero-order chi connectivity index (χ0) is 24.1. The summed E-state index contributed by atoms with van der Waals surface area (Å²) in [6, 6.07) is 14.3. The molecule has 9 heteroatoms. The first-order valence-corrected chi connectivity index (χ1v) is 10.9. The highest BCUT2D eigenvalue weighted by atomic mass is 16.5. The minimum atomic E-state index is -0.243. The molecule has 0 spiro atoms. The Bertz CT molecular complexity index is 1160. The van der Waals surface area contributed by atoms with E-state index in [-0.39, 0.29) is 23.3 Å². The minimum absolute atomic E-state index is 0.00260. The van der Waals surface area contributed by atoms with Gasteiger partial charge in [0.2, 0.25) is 11.8 Å². The van der Waals surface area contributed by atoms with Crippen molar-refractivity contribution in [2.75, 3.05) is 40.4 Å². The number of aromatic nitrogens is 2. The van der Waals surface area contributed by atoms with Gasteiger partial charge in [-0.15, -0.1) is 0 Å². The first-order valence-electron chi connectivity index (χ1n) is 10.9. The number of hydrogen-bond donors (Lipinski definition) is 0. The fourth-order valence-corrected chi connectivity index (χ4v) is 3.62. The van der Waals surface area contributed by atoms with Gasteiger partial charge in [-0.2, -0.15) is 4.98 Å². The van der Waals surface area contributed by atoms with Crippen LogP contribution in [0, 0.1) is 0 Å². The van der Waals surface area contributed by atoms with Crippen LogP contribution in [0.3, 0.4) is 0 Å². The number of carbonyl (C=O) groups is 2. The van der Waals surface area contributed by atoms with E-state index in [0.717, 1.165) is 11.3 Å². The van der Waals surface area contributed by atoms with Crippen molar-refractivity contribution >= 4 is 11.8 Å². The lowest BCUT2D eigenvalue weighted by molar-refractivity contribution is -0.130. The van der Waals surface area contributed by atoms with Gasteiger partial charge in [-0.1, -0.05) is 0 Å². The van der Waals surface area contributed by atoms with E-state index in [1.165, 1.54) is 13.1 Å². The number of nitrogens with zero attached hydrogens (tertiary/aromatic N) is 4. The van der Waals surface area contributed by atoms with E-state index in [2.05, 4.69) is 9.97 Å². The molecule has 0 radical (unpaired) electrons. The summed E-state index contributed by atoms with van der Waals surface area (Å²) in [4.78, 5) is 37.4. The molecule has 0 bridgehead atoms. The summed E-state index contributed by atoms with van der Waals surface area (Å²) in [6.07, 6.45) is 1.49. The fourth-order valence-electron chi connectivity index (χ4n) is 3.62. The summed E-state index contributed by atoms with van der Waals surface area (Å²) in [5.41, 5.74) is 1.01. The van der Waals surface area contributed by atoms with E-state index >= 15 is 0 Å². The lowest BCUT2D eigenvalue weighted by Crippen LogP contribution is -2.50. The minimum Gasteiger partial charge on any atom is -0.497 e. The largest absolute Gasteiger partial charge is 0.497 e. The van der Waals surface area contributed by atoms with Crippen molar-refractivity contribution in [3.63, 3.8) is 0 Å². The molecule has 4 rings (SSSR count). The molecule has 2 amide bonds. The Kier molecular flexibility index (Phi) is 6.91. The van der Waals surface area contributed by atoms with Gasteiger partial charge in [0.15, 0.2) is 5.82 Å². The van der Waals surface area contributed by atoms with Gasteiger partial charge in [0.1, 0.15) is 22.8 Å². The van der Waals surface area contributed by atoms with Crippen LogP contribution < -0.4 is 14.2 Å². The number of methoxy groups -OCH3 is 2. The summed E-state index contributed by atoms with van der Waals surface area (Å²) in [5.74, 6) is 2.25. The number of rotatable bonds is 6. The third kappa shape index (κ3) is 5.09. The molecule has 1 aliphatic rings. The molecule has 1 fully saturated rings. The Balaban J connectivity index is 1.65. The summed E-state index contributed by atoms with van der Waals surface area (Å²) in [5, 5.41) is 0. The van der Waals surface area contributed by atoms with Crippen molar-refractivity contribution in [3.8, 4) is 34.5 Å². The van der Waals surface area contributed by atoms with Gasteiger partial charge in [-0.25, -0.2) is 4.98 Å². The van der Waals surface area contributed by atoms with Gasteiger partial charge in [0.05, 0.1) is 14.2 Å². The normalized spacial score (nSPS) is 13.4. The predicted molar refractivity (Wildman–Crippen MR) is 125 cm³/mol. The van der Waals surface area contributed by atoms with E-state index in [4.69, 9.17) is 14.2 Å². The maximum Gasteiger partial charge on any atom is 0.261 e. The second kappa shape index (κ2) is 10.2. The molecular formula is C25H26N4O5. The molecule has 0 N–H and O–H groups in total. The highest BCUT2D eigenvalue weighted by molar-refractivity contribution is 5.96. The van der Waals surface area contributed by atoms with Crippen LogP contribution in [0.4, 0.5) is 0 Å². The molecule has 1 saturated heterocycles. The molecule has 176 valence electrons. The number of benzene rings is 2. The SMILES string of the molecule is COc1ccc(Oc2nc(-c3ccc(OC)cc3)ncc2C(=O)N2CCN(C(C)=O)CC2)cc1. The number of hydrogen-bond acceptors (Lipinski definition) is 7. The summed E-state index contributed by atoms with van der Waals surface area (Å²) < 4.78 is 16.5. The van der Waals surface area contributed by atoms with Crippen molar-refractivity contribution in [3.05, 3.63) is 60.3 Å². The topological polar surface area (TPSA) is 94.1 Å². The maximum atomic E-state index is 13.3. The molecule has 1 aromatic heterocycles. The molecule has 0 atom stereocenters. The molecule has 0 unspecified atom stereocenters. The van der Waals surface area contributed by atoms with Gasteiger partial charge in [0.25, 0.3) is 5.91 Å². The van der Waals surface area contributed by atoms with Gasteiger partial charge in [-0.3, -0.25) is 9.59 Å². The Morgan fingerprint density at radius 2 is 1.32 bits per heavy atom. The van der Waals surface area contributed by atoms with Crippen LogP contribution in [-0.4, -0.2) is 72.0 Å². The molecule has 2 heterocycles. The molecule has 9 nitrogen and oxygen atoms in total. The third-order valence-corrected chi connectivity index (χ3v) is 5.62. The number of carbonyl (C=O) groups excluding carboxylic acids is 2. The summed E-state index contributed by atoms with van der Waals surface area (Å²) >= 11 is 0. The lowest BCUT2D eigenvalue weighted by atomic mass is 10.2. The lowest BCUT2D eigenvalue weighted by Gasteiger charge is -2.34. The van der Waals surface area contributed by atoms with Crippen LogP contribution >= 0.6 is 0 Å². The zero-order valence-corrected chi connectivity index (χ0v) is 19.4. The monoisotopic (exact) mass is 462 g/mol. The average molecular weight is 463 g/mol. The summed E-state index contributed by atoms with van der Waals surface area (Å²) in [7, 11) is 3.19. The predicted octanol–water partition coefficient (Wildman–Crippen LogP) is 3.26. The number of ether oxygens (including phenoxy) is 3. The molecule has 0 aliphatic carbocycles. The van der Waals surface area contributed by atoms with E-state index in [0.29, 0.717) is 43.5 Å². The number of amides is 2. The van der Waals surface area contributed by atoms with Crippen molar-refractivity contribution < 1.29 is 23.8 Å².